The maximum absolute atomic E-state index is 12.2. The summed E-state index contributed by atoms with van der Waals surface area (Å²) < 4.78 is 33.2. The van der Waals surface area contributed by atoms with Crippen molar-refractivity contribution < 1.29 is 12.8 Å². The second kappa shape index (κ2) is 7.63. The lowest BCUT2D eigenvalue weighted by Gasteiger charge is -2.29. The lowest BCUT2D eigenvalue weighted by molar-refractivity contribution is 0.333. The van der Waals surface area contributed by atoms with E-state index in [0.29, 0.717) is 24.5 Å². The van der Waals surface area contributed by atoms with Gasteiger partial charge in [-0.3, -0.25) is 0 Å². The highest BCUT2D eigenvalue weighted by Gasteiger charge is 2.30. The summed E-state index contributed by atoms with van der Waals surface area (Å²) >= 11 is 2.26. The number of halogens is 1. The molecule has 144 valence electrons. The number of hydrogen-bond donors (Lipinski definition) is 2. The Hall–Kier alpha value is -0.870. The molecule has 3 rings (SSSR count). The van der Waals surface area contributed by atoms with Crippen molar-refractivity contribution in [1.82, 2.24) is 9.71 Å². The number of nitrogens with one attached hydrogen (secondary N) is 2. The highest BCUT2D eigenvalue weighted by Crippen LogP contribution is 2.28. The summed E-state index contributed by atoms with van der Waals surface area (Å²) in [6, 6.07) is 6.84. The Morgan fingerprint density at radius 3 is 2.58 bits per heavy atom. The van der Waals surface area contributed by atoms with Crippen molar-refractivity contribution in [3.8, 4) is 0 Å². The molecule has 0 bridgehead atoms. The molecule has 0 atom stereocenters. The number of aromatic nitrogens is 1. The SMILES string of the molecule is CC(C)(C)S(=O)(=O)NCC1CCC(Nc2nc3ccc(I)cc3o2)CC1. The zero-order valence-corrected chi connectivity index (χ0v) is 18.4. The molecular formula is C18H26IN3O3S. The lowest BCUT2D eigenvalue weighted by atomic mass is 9.86. The molecule has 2 aromatic rings. The Labute approximate surface area is 168 Å². The van der Waals surface area contributed by atoms with E-state index >= 15 is 0 Å². The number of rotatable bonds is 5. The molecule has 0 spiro atoms. The minimum atomic E-state index is -3.27. The van der Waals surface area contributed by atoms with Gasteiger partial charge in [0.15, 0.2) is 5.58 Å². The molecule has 1 saturated carbocycles. The van der Waals surface area contributed by atoms with Gasteiger partial charge in [-0.15, -0.1) is 0 Å². The summed E-state index contributed by atoms with van der Waals surface area (Å²) in [6.07, 6.45) is 3.95. The molecule has 0 saturated heterocycles. The summed E-state index contributed by atoms with van der Waals surface area (Å²) in [6.45, 7) is 5.68. The van der Waals surface area contributed by atoms with Crippen molar-refractivity contribution in [3.63, 3.8) is 0 Å². The molecule has 26 heavy (non-hydrogen) atoms. The van der Waals surface area contributed by atoms with Gasteiger partial charge in [0.25, 0.3) is 6.01 Å². The van der Waals surface area contributed by atoms with Crippen LogP contribution >= 0.6 is 22.6 Å². The van der Waals surface area contributed by atoms with Crippen LogP contribution in [0.15, 0.2) is 22.6 Å². The van der Waals surface area contributed by atoms with E-state index in [2.05, 4.69) is 37.6 Å². The molecule has 0 aliphatic heterocycles. The van der Waals surface area contributed by atoms with E-state index in [0.717, 1.165) is 40.4 Å². The molecule has 1 aliphatic rings. The first kappa shape index (κ1) is 19.9. The third-order valence-corrected chi connectivity index (χ3v) is 7.72. The molecule has 0 amide bonds. The van der Waals surface area contributed by atoms with Crippen LogP contribution < -0.4 is 10.0 Å². The summed E-state index contributed by atoms with van der Waals surface area (Å²) in [5.41, 5.74) is 1.66. The van der Waals surface area contributed by atoms with Crippen molar-refractivity contribution in [2.45, 2.75) is 57.2 Å². The zero-order chi connectivity index (χ0) is 18.9. The Bertz CT molecular complexity index is 865. The third-order valence-electron chi connectivity index (χ3n) is 4.89. The third kappa shape index (κ3) is 4.69. The van der Waals surface area contributed by atoms with E-state index in [1.165, 1.54) is 0 Å². The Morgan fingerprint density at radius 1 is 1.23 bits per heavy atom. The normalized spacial score (nSPS) is 21.8. The monoisotopic (exact) mass is 491 g/mol. The smallest absolute Gasteiger partial charge is 0.295 e. The minimum absolute atomic E-state index is 0.317. The van der Waals surface area contributed by atoms with Gasteiger partial charge in [-0.25, -0.2) is 13.1 Å². The molecule has 8 heteroatoms. The van der Waals surface area contributed by atoms with Crippen molar-refractivity contribution in [1.29, 1.82) is 0 Å². The first-order valence-electron chi connectivity index (χ1n) is 8.96. The van der Waals surface area contributed by atoms with Gasteiger partial charge in [-0.2, -0.15) is 4.98 Å². The maximum atomic E-state index is 12.2. The Kier molecular flexibility index (Phi) is 5.83. The minimum Gasteiger partial charge on any atom is -0.424 e. The second-order valence-electron chi connectivity index (χ2n) is 7.96. The number of benzene rings is 1. The number of fused-ring (bicyclic) bond motifs is 1. The van der Waals surface area contributed by atoms with Gasteiger partial charge in [-0.1, -0.05) is 0 Å². The molecule has 1 aliphatic carbocycles. The molecule has 1 heterocycles. The predicted octanol–water partition coefficient (Wildman–Crippen LogP) is 4.12. The second-order valence-corrected chi connectivity index (χ2v) is 11.7. The van der Waals surface area contributed by atoms with E-state index in [1.54, 1.807) is 20.8 Å². The van der Waals surface area contributed by atoms with Gasteiger partial charge in [0.1, 0.15) is 5.52 Å². The predicted molar refractivity (Wildman–Crippen MR) is 113 cm³/mol. The van der Waals surface area contributed by atoms with Gasteiger partial charge in [-0.05, 0) is 93.2 Å². The lowest BCUT2D eigenvalue weighted by Crippen LogP contribution is -2.42. The van der Waals surface area contributed by atoms with Gasteiger partial charge in [0, 0.05) is 16.2 Å². The average Bonchev–Trinajstić information content (AvgIpc) is 2.94. The fourth-order valence-electron chi connectivity index (χ4n) is 3.09. The van der Waals surface area contributed by atoms with Crippen LogP contribution in [0.1, 0.15) is 46.5 Å². The Morgan fingerprint density at radius 2 is 1.92 bits per heavy atom. The number of hydrogen-bond acceptors (Lipinski definition) is 5. The van der Waals surface area contributed by atoms with Gasteiger partial charge in [0.2, 0.25) is 10.0 Å². The summed E-state index contributed by atoms with van der Waals surface area (Å²) in [4.78, 5) is 4.49. The molecular weight excluding hydrogens is 465 g/mol. The maximum Gasteiger partial charge on any atom is 0.295 e. The van der Waals surface area contributed by atoms with Crippen LogP contribution in [0.5, 0.6) is 0 Å². The number of nitrogens with zero attached hydrogens (tertiary/aromatic N) is 1. The van der Waals surface area contributed by atoms with Crippen LogP contribution in [-0.4, -0.2) is 30.7 Å². The highest BCUT2D eigenvalue weighted by atomic mass is 127. The van der Waals surface area contributed by atoms with E-state index in [9.17, 15) is 8.42 Å². The van der Waals surface area contributed by atoms with Crippen molar-refractivity contribution in [3.05, 3.63) is 21.8 Å². The van der Waals surface area contributed by atoms with Crippen LogP contribution in [0, 0.1) is 9.49 Å². The van der Waals surface area contributed by atoms with E-state index < -0.39 is 14.8 Å². The van der Waals surface area contributed by atoms with E-state index in [-0.39, 0.29) is 0 Å². The van der Waals surface area contributed by atoms with E-state index in [1.807, 2.05) is 18.2 Å². The molecule has 1 aromatic heterocycles. The van der Waals surface area contributed by atoms with Crippen LogP contribution in [0.4, 0.5) is 6.01 Å². The number of anilines is 1. The highest BCUT2D eigenvalue weighted by molar-refractivity contribution is 14.1. The quantitative estimate of drug-likeness (QED) is 0.615. The van der Waals surface area contributed by atoms with Crippen molar-refractivity contribution in [2.24, 2.45) is 5.92 Å². The van der Waals surface area contributed by atoms with Crippen LogP contribution in [0.25, 0.3) is 11.1 Å². The van der Waals surface area contributed by atoms with Gasteiger partial charge in [0.05, 0.1) is 4.75 Å². The average molecular weight is 491 g/mol. The molecule has 1 fully saturated rings. The molecule has 6 nitrogen and oxygen atoms in total. The molecule has 1 aromatic carbocycles. The number of sulfonamides is 1. The van der Waals surface area contributed by atoms with Gasteiger partial charge >= 0.3 is 0 Å². The molecule has 0 unspecified atom stereocenters. The fourth-order valence-corrected chi connectivity index (χ4v) is 4.44. The first-order chi connectivity index (χ1) is 12.1. The largest absolute Gasteiger partial charge is 0.424 e. The topological polar surface area (TPSA) is 84.2 Å². The van der Waals surface area contributed by atoms with E-state index in [4.69, 9.17) is 4.42 Å². The van der Waals surface area contributed by atoms with Crippen LogP contribution in [-0.2, 0) is 10.0 Å². The Balaban J connectivity index is 1.50. The summed E-state index contributed by atoms with van der Waals surface area (Å²) in [7, 11) is -3.27. The standard InChI is InChI=1S/C18H26IN3O3S/c1-18(2,3)26(23,24)20-11-12-4-7-14(8-5-12)21-17-22-15-9-6-13(19)10-16(15)25-17/h6,9-10,12,14,20H,4-5,7-8,11H2,1-3H3,(H,21,22). The fraction of sp³-hybridized carbons (Fsp3) is 0.611. The zero-order valence-electron chi connectivity index (χ0n) is 15.4. The van der Waals surface area contributed by atoms with Crippen LogP contribution in [0.2, 0.25) is 0 Å². The summed E-state index contributed by atoms with van der Waals surface area (Å²) in [5, 5.41) is 3.39. The first-order valence-corrected chi connectivity index (χ1v) is 11.5. The number of oxazole rings is 1. The summed E-state index contributed by atoms with van der Waals surface area (Å²) in [5.74, 6) is 0.385. The van der Waals surface area contributed by atoms with Crippen LogP contribution in [0.3, 0.4) is 0 Å². The van der Waals surface area contributed by atoms with Gasteiger partial charge < -0.3 is 9.73 Å². The van der Waals surface area contributed by atoms with Crippen molar-refractivity contribution in [2.75, 3.05) is 11.9 Å². The molecule has 0 radical (unpaired) electrons. The van der Waals surface area contributed by atoms with Crippen molar-refractivity contribution >= 4 is 49.7 Å². The molecule has 2 N–H and O–H groups in total.